The number of carbonyl (C=O) groups is 1. The molecule has 1 saturated heterocycles. The fourth-order valence-corrected chi connectivity index (χ4v) is 5.19. The minimum atomic E-state index is -0.376. The second-order valence-corrected chi connectivity index (χ2v) is 11.4. The average molecular weight is 557 g/mol. The van der Waals surface area contributed by atoms with Crippen LogP contribution in [0.3, 0.4) is 0 Å². The Morgan fingerprint density at radius 1 is 1.20 bits per heavy atom. The highest BCUT2D eigenvalue weighted by Gasteiger charge is 2.39. The van der Waals surface area contributed by atoms with Gasteiger partial charge in [-0.15, -0.1) is 0 Å². The summed E-state index contributed by atoms with van der Waals surface area (Å²) in [5.74, 6) is 1.22. The van der Waals surface area contributed by atoms with Crippen LogP contribution >= 0.6 is 11.6 Å². The maximum absolute atomic E-state index is 12.8. The molecule has 1 amide bonds. The molecule has 0 aromatic carbocycles. The molecule has 1 aliphatic heterocycles. The number of nitriles is 1. The van der Waals surface area contributed by atoms with Crippen LogP contribution in [0, 0.1) is 11.3 Å². The number of pyridine rings is 3. The molecule has 6 rings (SSSR count). The van der Waals surface area contributed by atoms with Gasteiger partial charge in [0.25, 0.3) is 5.91 Å². The molecule has 4 aromatic rings. The van der Waals surface area contributed by atoms with Crippen LogP contribution in [-0.2, 0) is 0 Å². The van der Waals surface area contributed by atoms with Crippen LogP contribution in [0.5, 0.6) is 5.75 Å². The quantitative estimate of drug-likeness (QED) is 0.349. The van der Waals surface area contributed by atoms with Gasteiger partial charge >= 0.3 is 0 Å². The Morgan fingerprint density at radius 2 is 2.00 bits per heavy atom. The number of amides is 1. The molecule has 2 aliphatic rings. The zero-order valence-electron chi connectivity index (χ0n) is 22.1. The molecule has 204 valence electrons. The maximum atomic E-state index is 12.8. The Balaban J connectivity index is 1.17. The number of hydrogen-bond donors (Lipinski definition) is 2. The van der Waals surface area contributed by atoms with Crippen LogP contribution in [0.15, 0.2) is 55.1 Å². The first-order valence-corrected chi connectivity index (χ1v) is 13.6. The van der Waals surface area contributed by atoms with Crippen LogP contribution < -0.4 is 20.7 Å². The highest BCUT2D eigenvalue weighted by molar-refractivity contribution is 6.33. The Kier molecular flexibility index (Phi) is 6.56. The molecule has 4 aromatic heterocycles. The summed E-state index contributed by atoms with van der Waals surface area (Å²) in [4.78, 5) is 23.9. The van der Waals surface area contributed by atoms with E-state index in [1.165, 1.54) is 0 Å². The molecule has 40 heavy (non-hydrogen) atoms. The Hall–Kier alpha value is -4.20. The van der Waals surface area contributed by atoms with Crippen molar-refractivity contribution in [3.63, 3.8) is 0 Å². The number of piperidine rings is 1. The van der Waals surface area contributed by atoms with Crippen molar-refractivity contribution < 1.29 is 9.53 Å². The van der Waals surface area contributed by atoms with Crippen molar-refractivity contribution in [2.45, 2.75) is 43.7 Å². The lowest BCUT2D eigenvalue weighted by atomic mass is 9.89. The summed E-state index contributed by atoms with van der Waals surface area (Å²) in [6.45, 7) is 3.94. The van der Waals surface area contributed by atoms with E-state index in [2.05, 4.69) is 26.4 Å². The van der Waals surface area contributed by atoms with Crippen LogP contribution in [0.4, 0.5) is 5.82 Å². The molecule has 0 radical (unpaired) electrons. The van der Waals surface area contributed by atoms with E-state index in [0.29, 0.717) is 28.5 Å². The van der Waals surface area contributed by atoms with E-state index in [1.807, 2.05) is 31.3 Å². The van der Waals surface area contributed by atoms with E-state index in [-0.39, 0.29) is 22.7 Å². The SMILES string of the molecule is CC1(NC(=O)c2ncccc2Cl)CCN(c2ccc(-c3cc(OCC4(N)CC4)cn4ncc(C#N)c34)cn2)CC1. The van der Waals surface area contributed by atoms with E-state index < -0.39 is 0 Å². The van der Waals surface area contributed by atoms with Crippen molar-refractivity contribution in [2.75, 3.05) is 24.6 Å². The summed E-state index contributed by atoms with van der Waals surface area (Å²) in [5.41, 5.74) is 8.67. The molecule has 0 bridgehead atoms. The van der Waals surface area contributed by atoms with Gasteiger partial charge < -0.3 is 20.7 Å². The van der Waals surface area contributed by atoms with Gasteiger partial charge in [0.15, 0.2) is 0 Å². The number of fused-ring (bicyclic) bond motifs is 1. The van der Waals surface area contributed by atoms with Crippen molar-refractivity contribution in [1.29, 1.82) is 5.26 Å². The summed E-state index contributed by atoms with van der Waals surface area (Å²) < 4.78 is 7.68. The predicted molar refractivity (Wildman–Crippen MR) is 151 cm³/mol. The third kappa shape index (κ3) is 5.18. The highest BCUT2D eigenvalue weighted by atomic mass is 35.5. The molecule has 0 spiro atoms. The molecule has 2 fully saturated rings. The Bertz CT molecular complexity index is 1620. The van der Waals surface area contributed by atoms with E-state index in [0.717, 1.165) is 55.7 Å². The smallest absolute Gasteiger partial charge is 0.271 e. The zero-order valence-corrected chi connectivity index (χ0v) is 22.9. The molecule has 1 saturated carbocycles. The van der Waals surface area contributed by atoms with E-state index in [4.69, 9.17) is 27.1 Å². The van der Waals surface area contributed by atoms with Crippen molar-refractivity contribution in [3.05, 3.63) is 71.4 Å². The molecule has 10 nitrogen and oxygen atoms in total. The van der Waals surface area contributed by atoms with Gasteiger partial charge in [0, 0.05) is 42.1 Å². The molecule has 5 heterocycles. The van der Waals surface area contributed by atoms with Crippen molar-refractivity contribution in [3.8, 4) is 22.9 Å². The van der Waals surface area contributed by atoms with Crippen LogP contribution in [-0.4, -0.2) is 56.3 Å². The largest absolute Gasteiger partial charge is 0.490 e. The topological polar surface area (TPSA) is 134 Å². The number of carbonyl (C=O) groups excluding carboxylic acids is 1. The van der Waals surface area contributed by atoms with Gasteiger partial charge in [-0.25, -0.2) is 14.5 Å². The normalized spacial score (nSPS) is 17.3. The van der Waals surface area contributed by atoms with Gasteiger partial charge in [0.1, 0.15) is 29.9 Å². The van der Waals surface area contributed by atoms with Gasteiger partial charge in [-0.3, -0.25) is 4.79 Å². The minimum absolute atomic E-state index is 0.237. The van der Waals surface area contributed by atoms with E-state index >= 15 is 0 Å². The van der Waals surface area contributed by atoms with Crippen LogP contribution in [0.2, 0.25) is 5.02 Å². The number of hydrogen-bond acceptors (Lipinski definition) is 8. The zero-order chi connectivity index (χ0) is 27.9. The molecule has 1 aliphatic carbocycles. The van der Waals surface area contributed by atoms with E-state index in [1.54, 1.807) is 35.2 Å². The summed E-state index contributed by atoms with van der Waals surface area (Å²) in [6, 6.07) is 11.5. The van der Waals surface area contributed by atoms with Crippen molar-refractivity contribution in [1.82, 2.24) is 24.9 Å². The van der Waals surface area contributed by atoms with Gasteiger partial charge in [0.05, 0.1) is 34.0 Å². The number of nitrogens with two attached hydrogens (primary N) is 1. The second-order valence-electron chi connectivity index (χ2n) is 10.9. The predicted octanol–water partition coefficient (Wildman–Crippen LogP) is 3.98. The van der Waals surface area contributed by atoms with Crippen LogP contribution in [0.1, 0.15) is 48.7 Å². The van der Waals surface area contributed by atoms with Gasteiger partial charge in [0.2, 0.25) is 0 Å². The lowest BCUT2D eigenvalue weighted by molar-refractivity contribution is 0.0886. The number of halogens is 1. The summed E-state index contributed by atoms with van der Waals surface area (Å²) >= 11 is 6.16. The summed E-state index contributed by atoms with van der Waals surface area (Å²) in [6.07, 6.45) is 10.1. The third-order valence-electron chi connectivity index (χ3n) is 7.76. The van der Waals surface area contributed by atoms with Gasteiger partial charge in [-0.05, 0) is 62.9 Å². The van der Waals surface area contributed by atoms with Gasteiger partial charge in [-0.1, -0.05) is 11.6 Å². The average Bonchev–Trinajstić information content (AvgIpc) is 3.55. The van der Waals surface area contributed by atoms with Crippen molar-refractivity contribution >= 4 is 28.8 Å². The number of ether oxygens (including phenoxy) is 1. The second kappa shape index (κ2) is 10.1. The van der Waals surface area contributed by atoms with E-state index in [9.17, 15) is 10.1 Å². The minimum Gasteiger partial charge on any atom is -0.490 e. The van der Waals surface area contributed by atoms with Crippen LogP contribution in [0.25, 0.3) is 16.6 Å². The van der Waals surface area contributed by atoms with Crippen molar-refractivity contribution in [2.24, 2.45) is 5.73 Å². The molecular formula is C29H29ClN8O2. The summed E-state index contributed by atoms with van der Waals surface area (Å²) in [5, 5.41) is 17.5. The number of aromatic nitrogens is 4. The first kappa shape index (κ1) is 26.0. The lowest BCUT2D eigenvalue weighted by Gasteiger charge is -2.40. The molecule has 0 unspecified atom stereocenters. The standard InChI is InChI=1S/C29H29ClN8O2/c1-28(36-27(39)25-23(30)3-2-10-33-25)8-11-37(12-9-28)24-5-4-19(15-34-24)22-13-21(40-18-29(32)6-7-29)17-38-26(22)20(14-31)16-35-38/h2-5,10,13,15-17H,6-9,11-12,18,32H2,1H3,(H,36,39). The molecule has 11 heteroatoms. The first-order chi connectivity index (χ1) is 19.3. The number of rotatable bonds is 7. The lowest BCUT2D eigenvalue weighted by Crippen LogP contribution is -2.53. The first-order valence-electron chi connectivity index (χ1n) is 13.2. The number of nitrogens with zero attached hydrogens (tertiary/aromatic N) is 6. The molecule has 3 N–H and O–H groups in total. The highest BCUT2D eigenvalue weighted by Crippen LogP contribution is 2.35. The van der Waals surface area contributed by atoms with Gasteiger partial charge in [-0.2, -0.15) is 10.4 Å². The Labute approximate surface area is 236 Å². The molecule has 0 atom stereocenters. The maximum Gasteiger partial charge on any atom is 0.271 e. The summed E-state index contributed by atoms with van der Waals surface area (Å²) in [7, 11) is 0. The third-order valence-corrected chi connectivity index (χ3v) is 8.07. The monoisotopic (exact) mass is 556 g/mol. The fourth-order valence-electron chi connectivity index (χ4n) is 4.98. The Morgan fingerprint density at radius 3 is 2.67 bits per heavy atom. The molecular weight excluding hydrogens is 528 g/mol. The number of nitrogens with one attached hydrogen (secondary N) is 1. The fraction of sp³-hybridized carbons (Fsp3) is 0.345. The number of anilines is 1.